The monoisotopic (exact) mass is 630 g/mol. The number of hydrogen-bond acceptors (Lipinski definition) is 11. The number of cyclic esters (lactones) is 1. The molecule has 13 heteroatoms. The van der Waals surface area contributed by atoms with Crippen LogP contribution in [0.15, 0.2) is 0 Å². The number of likely N-dealkylation sites (N-methyl/N-ethyl adjacent to an activating group) is 1. The quantitative estimate of drug-likeness (QED) is 0.341. The van der Waals surface area contributed by atoms with Crippen LogP contribution in [0, 0.1) is 17.8 Å². The van der Waals surface area contributed by atoms with Crippen molar-refractivity contribution in [2.24, 2.45) is 17.8 Å². The maximum Gasteiger partial charge on any atom is 0.408 e. The normalized spacial score (nSPS) is 46.1. The van der Waals surface area contributed by atoms with E-state index < -0.39 is 83.1 Å². The van der Waals surface area contributed by atoms with E-state index in [0.717, 1.165) is 6.92 Å². The molecule has 2 N–H and O–H groups in total. The van der Waals surface area contributed by atoms with Crippen molar-refractivity contribution in [3.63, 3.8) is 0 Å². The molecule has 3 unspecified atom stereocenters. The number of aliphatic hydroxyl groups excluding tert-OH is 1. The van der Waals surface area contributed by atoms with Crippen LogP contribution in [0.3, 0.4) is 0 Å². The molecular formula is C31H51FN2O10. The smallest absolute Gasteiger partial charge is 0.408 e. The Morgan fingerprint density at radius 1 is 1.07 bits per heavy atom. The highest BCUT2D eigenvalue weighted by Crippen LogP contribution is 2.41. The fourth-order valence-corrected chi connectivity index (χ4v) is 7.19. The molecule has 3 rings (SSSR count). The number of nitrogens with one attached hydrogen (secondary N) is 1. The zero-order chi connectivity index (χ0) is 33.5. The Bertz CT molecular complexity index is 1100. The average Bonchev–Trinajstić information content (AvgIpc) is 3.27. The number of alkyl carbamates (subject to hydrolysis) is 1. The summed E-state index contributed by atoms with van der Waals surface area (Å²) in [4.78, 5) is 55.5. The van der Waals surface area contributed by atoms with Gasteiger partial charge in [-0.2, -0.15) is 0 Å². The molecule has 44 heavy (non-hydrogen) atoms. The zero-order valence-corrected chi connectivity index (χ0v) is 27.8. The van der Waals surface area contributed by atoms with Gasteiger partial charge in [0.1, 0.15) is 18.0 Å². The van der Waals surface area contributed by atoms with E-state index in [1.54, 1.807) is 27.7 Å². The van der Waals surface area contributed by atoms with Gasteiger partial charge in [0.05, 0.1) is 23.9 Å². The van der Waals surface area contributed by atoms with E-state index in [4.69, 9.17) is 23.7 Å². The van der Waals surface area contributed by atoms with Gasteiger partial charge in [0.15, 0.2) is 17.7 Å². The Labute approximate surface area is 259 Å². The fourth-order valence-electron chi connectivity index (χ4n) is 7.19. The number of carbonyl (C=O) groups excluding carboxylic acids is 4. The minimum Gasteiger partial charge on any atom is -0.455 e. The molecular weight excluding hydrogens is 579 g/mol. The molecule has 3 aliphatic heterocycles. The van der Waals surface area contributed by atoms with Crippen LogP contribution >= 0.6 is 0 Å². The molecule has 0 bridgehead atoms. The average molecular weight is 631 g/mol. The largest absolute Gasteiger partial charge is 0.455 e. The second kappa shape index (κ2) is 13.3. The van der Waals surface area contributed by atoms with E-state index in [1.807, 2.05) is 25.9 Å². The number of fused-ring (bicyclic) bond motifs is 1. The van der Waals surface area contributed by atoms with Gasteiger partial charge in [0.25, 0.3) is 5.67 Å². The predicted molar refractivity (Wildman–Crippen MR) is 156 cm³/mol. The third-order valence-electron chi connectivity index (χ3n) is 9.95. The number of ketones is 2. The predicted octanol–water partition coefficient (Wildman–Crippen LogP) is 2.57. The summed E-state index contributed by atoms with van der Waals surface area (Å²) in [7, 11) is 5.02. The highest BCUT2D eigenvalue weighted by Gasteiger charge is 2.59. The molecule has 252 valence electrons. The number of amides is 1. The summed E-state index contributed by atoms with van der Waals surface area (Å²) in [5.41, 5.74) is -6.06. The van der Waals surface area contributed by atoms with E-state index in [9.17, 15) is 24.3 Å². The number of carbonyl (C=O) groups is 4. The molecule has 0 saturated carbocycles. The van der Waals surface area contributed by atoms with Crippen molar-refractivity contribution in [2.75, 3.05) is 21.2 Å². The van der Waals surface area contributed by atoms with Crippen LogP contribution in [0.25, 0.3) is 0 Å². The minimum absolute atomic E-state index is 0.0212. The van der Waals surface area contributed by atoms with Crippen LogP contribution in [0.4, 0.5) is 9.18 Å². The number of ether oxygens (including phenoxy) is 5. The molecule has 3 aliphatic rings. The van der Waals surface area contributed by atoms with Crippen LogP contribution in [0.1, 0.15) is 74.7 Å². The number of alkyl halides is 1. The number of nitrogens with zero attached hydrogens (tertiary/aromatic N) is 1. The first-order valence-corrected chi connectivity index (χ1v) is 15.4. The maximum atomic E-state index is 16.4. The first-order chi connectivity index (χ1) is 20.2. The number of rotatable bonds is 5. The van der Waals surface area contributed by atoms with Gasteiger partial charge in [-0.25, -0.2) is 14.0 Å². The molecule has 3 saturated heterocycles. The van der Waals surface area contributed by atoms with Gasteiger partial charge >= 0.3 is 12.1 Å². The van der Waals surface area contributed by atoms with Crippen LogP contribution in [0.5, 0.6) is 0 Å². The standard InChI is InChI=1S/C31H51FN2O10/c1-12-20-31(8)23(33-28(39)44-31)17(4)21(35)15(2)14-29(6,40-11)25(18(5)24(37)30(7,32)27(38)42-20)43-26-22(36)19(34(9)10)13-16(3)41-26/h15-20,22-23,25-26,36H,12-14H2,1-11H3,(H,33,39)/t15-,16?,17+,18+,19?,20-,22?,23-,25-,26+,29-,30+,31-/m1/s1. The maximum absolute atomic E-state index is 16.4. The molecule has 0 aliphatic carbocycles. The third kappa shape index (κ3) is 6.67. The Kier molecular flexibility index (Phi) is 10.9. The highest BCUT2D eigenvalue weighted by atomic mass is 19.1. The van der Waals surface area contributed by atoms with Crippen LogP contribution in [-0.4, -0.2) is 115 Å². The first kappa shape index (κ1) is 36.3. The minimum atomic E-state index is -3.13. The Hall–Kier alpha value is -2.19. The molecule has 1 amide bonds. The number of Topliss-reactive ketones (excluding diaryl/α,β-unsaturated/α-hetero) is 2. The van der Waals surface area contributed by atoms with Crippen LogP contribution < -0.4 is 5.32 Å². The Balaban J connectivity index is 2.14. The molecule has 12 nitrogen and oxygen atoms in total. The lowest BCUT2D eigenvalue weighted by molar-refractivity contribution is -0.295. The number of esters is 1. The Morgan fingerprint density at radius 3 is 2.23 bits per heavy atom. The molecule has 0 aromatic rings. The SMILES string of the molecule is CC[C@H]1OC(=O)[C@@](C)(F)C(=O)[C@H](C)[C@@H](O[C@@H]2OC(C)CC(N(C)C)C2O)[C@](C)(OC)C[C@@H](C)C(=O)[C@H](C)[C@H]2NC(=O)O[C@@]21C. The summed E-state index contributed by atoms with van der Waals surface area (Å²) >= 11 is 0. The van der Waals surface area contributed by atoms with Crippen molar-refractivity contribution in [3.05, 3.63) is 0 Å². The number of aliphatic hydroxyl groups is 1. The lowest BCUT2D eigenvalue weighted by Gasteiger charge is -2.47. The van der Waals surface area contributed by atoms with Crippen molar-refractivity contribution in [3.8, 4) is 0 Å². The number of halogens is 1. The van der Waals surface area contributed by atoms with Crippen molar-refractivity contribution in [1.82, 2.24) is 10.2 Å². The Morgan fingerprint density at radius 2 is 1.68 bits per heavy atom. The van der Waals surface area contributed by atoms with Gasteiger partial charge in [0, 0.05) is 30.9 Å². The molecule has 0 aromatic heterocycles. The number of hydrogen-bond donors (Lipinski definition) is 2. The summed E-state index contributed by atoms with van der Waals surface area (Å²) in [5, 5.41) is 13.9. The first-order valence-electron chi connectivity index (χ1n) is 15.4. The van der Waals surface area contributed by atoms with Crippen molar-refractivity contribution >= 4 is 23.6 Å². The fraction of sp³-hybridized carbons (Fsp3) is 0.871. The molecule has 0 aromatic carbocycles. The van der Waals surface area contributed by atoms with E-state index >= 15 is 4.39 Å². The molecule has 3 heterocycles. The molecule has 0 spiro atoms. The molecule has 3 fully saturated rings. The van der Waals surface area contributed by atoms with E-state index in [0.29, 0.717) is 6.42 Å². The van der Waals surface area contributed by atoms with E-state index in [1.165, 1.54) is 21.0 Å². The van der Waals surface area contributed by atoms with Crippen LogP contribution in [-0.2, 0) is 38.1 Å². The second-order valence-corrected chi connectivity index (χ2v) is 13.6. The summed E-state index contributed by atoms with van der Waals surface area (Å²) in [6, 6.07) is -1.25. The summed E-state index contributed by atoms with van der Waals surface area (Å²) in [5.74, 6) is -5.67. The van der Waals surface area contributed by atoms with Crippen LogP contribution in [0.2, 0.25) is 0 Å². The van der Waals surface area contributed by atoms with Gasteiger partial charge in [-0.3, -0.25) is 9.59 Å². The topological polar surface area (TPSA) is 150 Å². The molecule has 13 atom stereocenters. The van der Waals surface area contributed by atoms with Gasteiger partial charge in [-0.15, -0.1) is 0 Å². The lowest BCUT2D eigenvalue weighted by atomic mass is 9.73. The second-order valence-electron chi connectivity index (χ2n) is 13.6. The van der Waals surface area contributed by atoms with Crippen molar-refractivity contribution < 1.29 is 52.4 Å². The summed E-state index contributed by atoms with van der Waals surface area (Å²) in [6.07, 6.45) is -5.27. The summed E-state index contributed by atoms with van der Waals surface area (Å²) in [6.45, 7) is 12.2. The highest BCUT2D eigenvalue weighted by molar-refractivity contribution is 6.07. The van der Waals surface area contributed by atoms with Crippen molar-refractivity contribution in [1.29, 1.82) is 0 Å². The zero-order valence-electron chi connectivity index (χ0n) is 27.8. The van der Waals surface area contributed by atoms with Gasteiger partial charge in [-0.1, -0.05) is 27.7 Å². The molecule has 0 radical (unpaired) electrons. The summed E-state index contributed by atoms with van der Waals surface area (Å²) < 4.78 is 45.8. The van der Waals surface area contributed by atoms with Gasteiger partial charge < -0.3 is 39.0 Å². The third-order valence-corrected chi connectivity index (χ3v) is 9.95. The van der Waals surface area contributed by atoms with Gasteiger partial charge in [-0.05, 0) is 61.1 Å². The lowest BCUT2D eigenvalue weighted by Crippen LogP contribution is -2.61. The number of methoxy groups -OCH3 is 1. The van der Waals surface area contributed by atoms with E-state index in [-0.39, 0.29) is 30.8 Å². The van der Waals surface area contributed by atoms with E-state index in [2.05, 4.69) is 5.32 Å². The van der Waals surface area contributed by atoms with Crippen molar-refractivity contribution in [2.45, 2.75) is 134 Å². The van der Waals surface area contributed by atoms with Gasteiger partial charge in [0.2, 0.25) is 0 Å².